The highest BCUT2D eigenvalue weighted by Crippen LogP contribution is 2.17. The van der Waals surface area contributed by atoms with Crippen molar-refractivity contribution in [2.75, 3.05) is 32.5 Å². The summed E-state index contributed by atoms with van der Waals surface area (Å²) in [7, 11) is 3.51. The Labute approximate surface area is 108 Å². The van der Waals surface area contributed by atoms with Crippen LogP contribution in [0.15, 0.2) is 0 Å². The summed E-state index contributed by atoms with van der Waals surface area (Å²) in [4.78, 5) is 2.16. The molecule has 0 saturated carbocycles. The molecule has 0 amide bonds. The Morgan fingerprint density at radius 2 is 2.22 bits per heavy atom. The van der Waals surface area contributed by atoms with Gasteiger partial charge in [-0.25, -0.2) is 0 Å². The Morgan fingerprint density at radius 3 is 2.72 bits per heavy atom. The highest BCUT2D eigenvalue weighted by Gasteiger charge is 2.14. The van der Waals surface area contributed by atoms with Crippen LogP contribution in [0.5, 0.6) is 0 Å². The van der Waals surface area contributed by atoms with Crippen LogP contribution in [0, 0.1) is 18.3 Å². The molecule has 1 heterocycles. The van der Waals surface area contributed by atoms with Gasteiger partial charge >= 0.3 is 0 Å². The van der Waals surface area contributed by atoms with E-state index in [2.05, 4.69) is 16.1 Å². The zero-order valence-electron chi connectivity index (χ0n) is 11.3. The van der Waals surface area contributed by atoms with Crippen molar-refractivity contribution in [1.82, 2.24) is 14.7 Å². The standard InChI is InChI=1S/C12H21N5O/c1-10-11(12(14)16(2)15-10)9-17(6-4-5-13)7-8-18-3/h4,6-9,14H2,1-3H3. The molecule has 100 valence electrons. The summed E-state index contributed by atoms with van der Waals surface area (Å²) in [6.45, 7) is 4.80. The zero-order valence-corrected chi connectivity index (χ0v) is 11.3. The lowest BCUT2D eigenvalue weighted by atomic mass is 10.2. The van der Waals surface area contributed by atoms with Crippen LogP contribution in [0.4, 0.5) is 5.82 Å². The molecule has 0 aliphatic heterocycles. The molecule has 0 saturated heterocycles. The van der Waals surface area contributed by atoms with Gasteiger partial charge in [-0.1, -0.05) is 0 Å². The van der Waals surface area contributed by atoms with Crippen molar-refractivity contribution >= 4 is 5.82 Å². The van der Waals surface area contributed by atoms with Gasteiger partial charge in [0.1, 0.15) is 5.82 Å². The van der Waals surface area contributed by atoms with Crippen molar-refractivity contribution in [3.63, 3.8) is 0 Å². The molecule has 6 nitrogen and oxygen atoms in total. The fourth-order valence-electron chi connectivity index (χ4n) is 1.84. The van der Waals surface area contributed by atoms with E-state index in [0.29, 0.717) is 31.9 Å². The van der Waals surface area contributed by atoms with E-state index < -0.39 is 0 Å². The van der Waals surface area contributed by atoms with Crippen molar-refractivity contribution in [2.24, 2.45) is 7.05 Å². The van der Waals surface area contributed by atoms with Gasteiger partial charge in [0, 0.05) is 45.8 Å². The molecule has 1 rings (SSSR count). The molecular formula is C12H21N5O. The molecule has 0 unspecified atom stereocenters. The molecule has 2 N–H and O–H groups in total. The van der Waals surface area contributed by atoms with Crippen molar-refractivity contribution < 1.29 is 4.74 Å². The smallest absolute Gasteiger partial charge is 0.126 e. The van der Waals surface area contributed by atoms with E-state index in [9.17, 15) is 0 Å². The van der Waals surface area contributed by atoms with E-state index in [1.54, 1.807) is 11.8 Å². The lowest BCUT2D eigenvalue weighted by Crippen LogP contribution is -2.28. The number of aryl methyl sites for hydroxylation is 2. The van der Waals surface area contributed by atoms with Crippen LogP contribution in [0.2, 0.25) is 0 Å². The third kappa shape index (κ3) is 3.72. The van der Waals surface area contributed by atoms with Crippen LogP contribution >= 0.6 is 0 Å². The average Bonchev–Trinajstić information content (AvgIpc) is 2.58. The summed E-state index contributed by atoms with van der Waals surface area (Å²) in [6.07, 6.45) is 0.503. The third-order valence-corrected chi connectivity index (χ3v) is 2.93. The van der Waals surface area contributed by atoms with E-state index in [-0.39, 0.29) is 0 Å². The summed E-state index contributed by atoms with van der Waals surface area (Å²) in [6, 6.07) is 2.16. The first-order chi connectivity index (χ1) is 8.60. The minimum absolute atomic E-state index is 0.503. The fraction of sp³-hybridized carbons (Fsp3) is 0.667. The van der Waals surface area contributed by atoms with Crippen LogP contribution in [0.25, 0.3) is 0 Å². The molecule has 1 aromatic heterocycles. The van der Waals surface area contributed by atoms with Gasteiger partial charge in [0.25, 0.3) is 0 Å². The van der Waals surface area contributed by atoms with Crippen LogP contribution in [-0.2, 0) is 18.3 Å². The predicted octanol–water partition coefficient (Wildman–Crippen LogP) is 0.673. The molecule has 1 aromatic rings. The van der Waals surface area contributed by atoms with E-state index in [4.69, 9.17) is 15.7 Å². The summed E-state index contributed by atoms with van der Waals surface area (Å²) in [5.74, 6) is 0.687. The number of nitriles is 1. The lowest BCUT2D eigenvalue weighted by Gasteiger charge is -2.20. The number of nitrogens with two attached hydrogens (primary N) is 1. The number of hydrogen-bond acceptors (Lipinski definition) is 5. The fourth-order valence-corrected chi connectivity index (χ4v) is 1.84. The maximum absolute atomic E-state index is 8.67. The second kappa shape index (κ2) is 6.99. The number of aromatic nitrogens is 2. The first-order valence-electron chi connectivity index (χ1n) is 5.96. The first kappa shape index (κ1) is 14.5. The maximum atomic E-state index is 8.67. The molecular weight excluding hydrogens is 230 g/mol. The minimum atomic E-state index is 0.503. The van der Waals surface area contributed by atoms with Gasteiger partial charge in [0.2, 0.25) is 0 Å². The van der Waals surface area contributed by atoms with Crippen LogP contribution < -0.4 is 5.73 Å². The van der Waals surface area contributed by atoms with Crippen molar-refractivity contribution in [2.45, 2.75) is 19.9 Å². The monoisotopic (exact) mass is 251 g/mol. The molecule has 0 fully saturated rings. The van der Waals surface area contributed by atoms with Crippen LogP contribution in [-0.4, -0.2) is 41.5 Å². The molecule has 0 aliphatic rings. The summed E-state index contributed by atoms with van der Waals surface area (Å²) in [5, 5.41) is 13.0. The van der Waals surface area contributed by atoms with Crippen molar-refractivity contribution in [1.29, 1.82) is 5.26 Å². The summed E-state index contributed by atoms with van der Waals surface area (Å²) in [5.41, 5.74) is 7.96. The van der Waals surface area contributed by atoms with Gasteiger partial charge in [-0.05, 0) is 6.92 Å². The average molecular weight is 251 g/mol. The van der Waals surface area contributed by atoms with Crippen molar-refractivity contribution in [3.05, 3.63) is 11.3 Å². The highest BCUT2D eigenvalue weighted by molar-refractivity contribution is 5.42. The minimum Gasteiger partial charge on any atom is -0.384 e. The summed E-state index contributed by atoms with van der Waals surface area (Å²) < 4.78 is 6.76. The Kier molecular flexibility index (Phi) is 5.62. The molecule has 0 aromatic carbocycles. The van der Waals surface area contributed by atoms with E-state index >= 15 is 0 Å². The Morgan fingerprint density at radius 1 is 1.50 bits per heavy atom. The first-order valence-corrected chi connectivity index (χ1v) is 5.96. The zero-order chi connectivity index (χ0) is 13.5. The molecule has 6 heteroatoms. The number of rotatable bonds is 7. The van der Waals surface area contributed by atoms with Gasteiger partial charge in [-0.2, -0.15) is 10.4 Å². The van der Waals surface area contributed by atoms with Gasteiger partial charge in [-0.15, -0.1) is 0 Å². The Bertz CT molecular complexity index is 421. The molecule has 0 aliphatic carbocycles. The number of nitrogen functional groups attached to an aromatic ring is 1. The molecule has 0 atom stereocenters. The predicted molar refractivity (Wildman–Crippen MR) is 69.7 cm³/mol. The largest absolute Gasteiger partial charge is 0.384 e. The van der Waals surface area contributed by atoms with Gasteiger partial charge in [0.15, 0.2) is 0 Å². The van der Waals surface area contributed by atoms with E-state index in [1.807, 2.05) is 14.0 Å². The summed E-state index contributed by atoms with van der Waals surface area (Å²) >= 11 is 0. The van der Waals surface area contributed by atoms with Gasteiger partial charge < -0.3 is 10.5 Å². The number of ether oxygens (including phenoxy) is 1. The molecule has 0 bridgehead atoms. The van der Waals surface area contributed by atoms with Gasteiger partial charge in [0.05, 0.1) is 18.4 Å². The SMILES string of the molecule is COCCN(CCC#N)Cc1c(C)nn(C)c1N. The van der Waals surface area contributed by atoms with Gasteiger partial charge in [-0.3, -0.25) is 9.58 Å². The second-order valence-corrected chi connectivity index (χ2v) is 4.25. The topological polar surface area (TPSA) is 80.1 Å². The number of anilines is 1. The normalized spacial score (nSPS) is 10.8. The Hall–Kier alpha value is -1.58. The molecule has 18 heavy (non-hydrogen) atoms. The number of nitrogens with zero attached hydrogens (tertiary/aromatic N) is 4. The molecule has 0 radical (unpaired) electrons. The van der Waals surface area contributed by atoms with Crippen LogP contribution in [0.3, 0.4) is 0 Å². The lowest BCUT2D eigenvalue weighted by molar-refractivity contribution is 0.145. The number of hydrogen-bond donors (Lipinski definition) is 1. The van der Waals surface area contributed by atoms with Crippen LogP contribution in [0.1, 0.15) is 17.7 Å². The number of methoxy groups -OCH3 is 1. The maximum Gasteiger partial charge on any atom is 0.126 e. The quantitative estimate of drug-likeness (QED) is 0.770. The van der Waals surface area contributed by atoms with E-state index in [0.717, 1.165) is 17.8 Å². The Balaban J connectivity index is 2.72. The van der Waals surface area contributed by atoms with Crippen molar-refractivity contribution in [3.8, 4) is 6.07 Å². The third-order valence-electron chi connectivity index (χ3n) is 2.93. The molecule has 0 spiro atoms. The highest BCUT2D eigenvalue weighted by atomic mass is 16.5. The second-order valence-electron chi connectivity index (χ2n) is 4.25. The van der Waals surface area contributed by atoms with E-state index in [1.165, 1.54) is 0 Å².